The van der Waals surface area contributed by atoms with Crippen LogP contribution in [0.4, 0.5) is 9.18 Å². The summed E-state index contributed by atoms with van der Waals surface area (Å²) >= 11 is 0. The van der Waals surface area contributed by atoms with Crippen LogP contribution in [0.3, 0.4) is 0 Å². The number of ether oxygens (including phenoxy) is 1. The van der Waals surface area contributed by atoms with E-state index in [1.54, 1.807) is 26.0 Å². The molecule has 4 amide bonds. The average molecular weight is 446 g/mol. The minimum absolute atomic E-state index is 0.0412. The monoisotopic (exact) mass is 446 g/mol. The summed E-state index contributed by atoms with van der Waals surface area (Å²) in [5.74, 6) is -2.39. The van der Waals surface area contributed by atoms with Crippen molar-refractivity contribution >= 4 is 23.8 Å². The molecule has 172 valence electrons. The summed E-state index contributed by atoms with van der Waals surface area (Å²) in [4.78, 5) is 52.1. The number of hydrogen-bond acceptors (Lipinski definition) is 5. The topological polar surface area (TPSA) is 122 Å². The third-order valence-corrected chi connectivity index (χ3v) is 5.74. The number of fused-ring (bicyclic) bond motifs is 1. The van der Waals surface area contributed by atoms with Crippen molar-refractivity contribution in [1.82, 2.24) is 15.1 Å². The van der Waals surface area contributed by atoms with E-state index in [4.69, 9.17) is 10.5 Å². The van der Waals surface area contributed by atoms with Gasteiger partial charge in [-0.3, -0.25) is 19.3 Å². The lowest BCUT2D eigenvalue weighted by atomic mass is 10.0. The van der Waals surface area contributed by atoms with Crippen molar-refractivity contribution in [2.45, 2.75) is 51.5 Å². The fraction of sp³-hybridized carbons (Fsp3) is 0.455. The number of likely N-dealkylation sites (tertiary alicyclic amines) is 1. The third-order valence-electron chi connectivity index (χ3n) is 5.74. The fourth-order valence-corrected chi connectivity index (χ4v) is 4.03. The Morgan fingerprint density at radius 1 is 1.28 bits per heavy atom. The maximum absolute atomic E-state index is 14.0. The standard InChI is InChI=1S/C22H27FN4O5/c1-4-18(28)25-19(12(2)3)21(30)27-10-14(8-17(27)20(24)29)32-22(31)26-9-13-6-5-7-16(23)15(13)11-26/h4-7,12,14,17,19H,1,8-11H2,2-3H3,(H2,24,29)(H,25,28)/t14-,17?,19-/m1/s1. The number of nitrogens with two attached hydrogens (primary N) is 1. The first-order chi connectivity index (χ1) is 15.1. The molecule has 2 aliphatic heterocycles. The molecule has 2 heterocycles. The molecular weight excluding hydrogens is 419 g/mol. The van der Waals surface area contributed by atoms with Gasteiger partial charge in [-0.15, -0.1) is 0 Å². The minimum atomic E-state index is -0.976. The van der Waals surface area contributed by atoms with Gasteiger partial charge in [0.25, 0.3) is 0 Å². The Labute approximate surface area is 185 Å². The molecule has 0 radical (unpaired) electrons. The normalized spacial score (nSPS) is 20.6. The lowest BCUT2D eigenvalue weighted by Crippen LogP contribution is -2.54. The van der Waals surface area contributed by atoms with E-state index in [9.17, 15) is 23.6 Å². The summed E-state index contributed by atoms with van der Waals surface area (Å²) in [6.45, 7) is 7.14. The van der Waals surface area contributed by atoms with Crippen molar-refractivity contribution in [3.63, 3.8) is 0 Å². The van der Waals surface area contributed by atoms with Crippen LogP contribution >= 0.6 is 0 Å². The van der Waals surface area contributed by atoms with Crippen LogP contribution in [-0.4, -0.2) is 58.3 Å². The summed E-state index contributed by atoms with van der Waals surface area (Å²) in [7, 11) is 0. The van der Waals surface area contributed by atoms with Gasteiger partial charge in [-0.2, -0.15) is 0 Å². The van der Waals surface area contributed by atoms with Gasteiger partial charge < -0.3 is 20.7 Å². The predicted octanol–water partition coefficient (Wildman–Crippen LogP) is 1.06. The second kappa shape index (κ2) is 9.37. The van der Waals surface area contributed by atoms with Gasteiger partial charge >= 0.3 is 6.09 Å². The van der Waals surface area contributed by atoms with Gasteiger partial charge in [0, 0.05) is 18.5 Å². The van der Waals surface area contributed by atoms with E-state index in [2.05, 4.69) is 11.9 Å². The number of primary amides is 1. The van der Waals surface area contributed by atoms with E-state index < -0.39 is 42.0 Å². The van der Waals surface area contributed by atoms with E-state index >= 15 is 0 Å². The van der Waals surface area contributed by atoms with Gasteiger partial charge in [-0.1, -0.05) is 32.6 Å². The van der Waals surface area contributed by atoms with Gasteiger partial charge in [0.2, 0.25) is 17.7 Å². The molecule has 1 aromatic carbocycles. The van der Waals surface area contributed by atoms with Crippen molar-refractivity contribution in [2.75, 3.05) is 6.54 Å². The van der Waals surface area contributed by atoms with Gasteiger partial charge in [0.15, 0.2) is 0 Å². The Morgan fingerprint density at radius 3 is 2.59 bits per heavy atom. The SMILES string of the molecule is C=CC(=O)N[C@@H](C(=O)N1C[C@H](OC(=O)N2Cc3cccc(F)c3C2)CC1C(N)=O)C(C)C. The lowest BCUT2D eigenvalue weighted by molar-refractivity contribution is -0.141. The molecule has 3 atom stereocenters. The number of halogens is 1. The molecule has 0 bridgehead atoms. The first-order valence-corrected chi connectivity index (χ1v) is 10.4. The molecule has 2 aliphatic rings. The number of carbonyl (C=O) groups excluding carboxylic acids is 4. The third kappa shape index (κ3) is 4.74. The minimum Gasteiger partial charge on any atom is -0.444 e. The molecule has 0 aromatic heterocycles. The number of amides is 4. The highest BCUT2D eigenvalue weighted by atomic mass is 19.1. The molecule has 1 fully saturated rings. The highest BCUT2D eigenvalue weighted by Crippen LogP contribution is 2.28. The van der Waals surface area contributed by atoms with Crippen LogP contribution in [-0.2, 0) is 32.2 Å². The largest absolute Gasteiger partial charge is 0.444 e. The Bertz CT molecular complexity index is 950. The Hall–Kier alpha value is -3.43. The predicted molar refractivity (Wildman–Crippen MR) is 112 cm³/mol. The van der Waals surface area contributed by atoms with Crippen molar-refractivity contribution < 1.29 is 28.3 Å². The first-order valence-electron chi connectivity index (χ1n) is 10.4. The zero-order valence-corrected chi connectivity index (χ0v) is 18.0. The molecule has 3 N–H and O–H groups in total. The molecule has 0 aliphatic carbocycles. The number of nitrogens with one attached hydrogen (secondary N) is 1. The maximum atomic E-state index is 14.0. The number of nitrogens with zero attached hydrogens (tertiary/aromatic N) is 2. The average Bonchev–Trinajstić information content (AvgIpc) is 3.36. The van der Waals surface area contributed by atoms with Crippen molar-refractivity contribution in [3.8, 4) is 0 Å². The van der Waals surface area contributed by atoms with Crippen LogP contribution in [0.2, 0.25) is 0 Å². The fourth-order valence-electron chi connectivity index (χ4n) is 4.03. The van der Waals surface area contributed by atoms with Gasteiger partial charge in [0.1, 0.15) is 24.0 Å². The Balaban J connectivity index is 1.68. The van der Waals surface area contributed by atoms with E-state index in [1.165, 1.54) is 15.9 Å². The smallest absolute Gasteiger partial charge is 0.410 e. The van der Waals surface area contributed by atoms with E-state index in [0.29, 0.717) is 11.1 Å². The van der Waals surface area contributed by atoms with E-state index in [0.717, 1.165) is 6.08 Å². The molecular formula is C22H27FN4O5. The Morgan fingerprint density at radius 2 is 2.00 bits per heavy atom. The highest BCUT2D eigenvalue weighted by molar-refractivity contribution is 5.95. The van der Waals surface area contributed by atoms with Crippen LogP contribution in [0.15, 0.2) is 30.9 Å². The lowest BCUT2D eigenvalue weighted by Gasteiger charge is -2.29. The molecule has 9 nitrogen and oxygen atoms in total. The number of rotatable bonds is 6. The second-order valence-corrected chi connectivity index (χ2v) is 8.32. The molecule has 1 aromatic rings. The van der Waals surface area contributed by atoms with Gasteiger partial charge in [0.05, 0.1) is 13.1 Å². The molecule has 32 heavy (non-hydrogen) atoms. The maximum Gasteiger partial charge on any atom is 0.410 e. The molecule has 1 saturated heterocycles. The molecule has 10 heteroatoms. The molecule has 0 spiro atoms. The number of carbonyl (C=O) groups is 4. The Kier molecular flexibility index (Phi) is 6.81. The first kappa shape index (κ1) is 23.2. The van der Waals surface area contributed by atoms with E-state index in [-0.39, 0.29) is 37.8 Å². The van der Waals surface area contributed by atoms with E-state index in [1.807, 2.05) is 0 Å². The second-order valence-electron chi connectivity index (χ2n) is 8.32. The zero-order chi connectivity index (χ0) is 23.6. The van der Waals surface area contributed by atoms with Crippen LogP contribution < -0.4 is 11.1 Å². The zero-order valence-electron chi connectivity index (χ0n) is 18.0. The van der Waals surface area contributed by atoms with Gasteiger partial charge in [-0.25, -0.2) is 9.18 Å². The quantitative estimate of drug-likeness (QED) is 0.633. The van der Waals surface area contributed by atoms with Crippen LogP contribution in [0.1, 0.15) is 31.4 Å². The van der Waals surface area contributed by atoms with Gasteiger partial charge in [-0.05, 0) is 23.6 Å². The summed E-state index contributed by atoms with van der Waals surface area (Å²) in [6, 6.07) is 2.79. The summed E-state index contributed by atoms with van der Waals surface area (Å²) in [5, 5.41) is 2.57. The number of hydrogen-bond donors (Lipinski definition) is 2. The summed E-state index contributed by atoms with van der Waals surface area (Å²) in [5.41, 5.74) is 6.64. The van der Waals surface area contributed by atoms with Crippen molar-refractivity contribution in [3.05, 3.63) is 47.8 Å². The van der Waals surface area contributed by atoms with Crippen LogP contribution in [0, 0.1) is 11.7 Å². The highest BCUT2D eigenvalue weighted by Gasteiger charge is 2.44. The van der Waals surface area contributed by atoms with Crippen LogP contribution in [0.25, 0.3) is 0 Å². The molecule has 3 rings (SSSR count). The summed E-state index contributed by atoms with van der Waals surface area (Å²) in [6.07, 6.45) is -0.328. The summed E-state index contributed by atoms with van der Waals surface area (Å²) < 4.78 is 19.5. The molecule has 0 saturated carbocycles. The number of benzene rings is 1. The van der Waals surface area contributed by atoms with Crippen LogP contribution in [0.5, 0.6) is 0 Å². The van der Waals surface area contributed by atoms with Crippen molar-refractivity contribution in [1.29, 1.82) is 0 Å². The molecule has 1 unspecified atom stereocenters. The van der Waals surface area contributed by atoms with Crippen molar-refractivity contribution in [2.24, 2.45) is 11.7 Å².